The van der Waals surface area contributed by atoms with Crippen LogP contribution in [-0.4, -0.2) is 80.6 Å². The van der Waals surface area contributed by atoms with Crippen LogP contribution in [0.2, 0.25) is 0 Å². The van der Waals surface area contributed by atoms with Crippen molar-refractivity contribution in [2.24, 2.45) is 0 Å². The second-order valence-electron chi connectivity index (χ2n) is 15.4. The number of nitrogens with zero attached hydrogens (tertiary/aromatic N) is 1. The number of quaternary nitrogens is 1. The second-order valence-corrected chi connectivity index (χ2v) is 15.4. The molecule has 342 valence electrons. The minimum atomic E-state index is -0.902. The number of rotatable bonds is 37. The lowest BCUT2D eigenvalue weighted by molar-refractivity contribution is -0.887. The summed E-state index contributed by atoms with van der Waals surface area (Å²) in [7, 11) is 5.46. The standard InChI is InChI=1S/C54H79NO7/c1-6-8-10-12-14-16-18-20-22-24-26-28-30-32-34-36-38-40-42-44-52(56)61-49-50(48-60-47-46-51(54(58)59)55(3,4)5)62-53(57)45-43-41-39-37-35-33-31-29-27-25-23-21-19-17-15-13-11-9-7-2/h8-11,13-17,19-23,25-29,31-35,38,40,50-51H,6-7,12,18,24,30,36-37,39,41-49H2,1-5H3/p+1/b10-8+,11-9+,15-13+,16-14+,19-17+,22-20+,23-21+,27-25+,28-26+,31-29+,34-32+,35-33+,40-38+. The maximum Gasteiger partial charge on any atom is 0.362 e. The smallest absolute Gasteiger partial charge is 0.362 e. The molecule has 62 heavy (non-hydrogen) atoms. The van der Waals surface area contributed by atoms with E-state index in [1.807, 2.05) is 106 Å². The average Bonchev–Trinajstić information content (AvgIpc) is 3.23. The third kappa shape index (κ3) is 40.4. The number of carboxylic acid groups (broad SMARTS) is 1. The van der Waals surface area contributed by atoms with Crippen molar-refractivity contribution in [1.82, 2.24) is 0 Å². The van der Waals surface area contributed by atoms with E-state index in [1.54, 1.807) is 0 Å². The lowest BCUT2D eigenvalue weighted by atomic mass is 10.1. The number of likely N-dealkylation sites (N-methyl/N-ethyl adjacent to an activating group) is 1. The van der Waals surface area contributed by atoms with Crippen molar-refractivity contribution in [2.75, 3.05) is 41.0 Å². The van der Waals surface area contributed by atoms with Gasteiger partial charge in [-0.1, -0.05) is 178 Å². The van der Waals surface area contributed by atoms with Gasteiger partial charge in [-0.25, -0.2) is 4.79 Å². The maximum atomic E-state index is 12.7. The van der Waals surface area contributed by atoms with Crippen LogP contribution in [0.5, 0.6) is 0 Å². The van der Waals surface area contributed by atoms with E-state index in [2.05, 4.69) is 86.8 Å². The third-order valence-corrected chi connectivity index (χ3v) is 8.88. The summed E-state index contributed by atoms with van der Waals surface area (Å²) in [6.07, 6.45) is 64.4. The molecule has 0 aliphatic rings. The Morgan fingerprint density at radius 3 is 1.45 bits per heavy atom. The van der Waals surface area contributed by atoms with Crippen LogP contribution in [0.15, 0.2) is 158 Å². The van der Waals surface area contributed by atoms with Crippen LogP contribution in [0.1, 0.15) is 110 Å². The molecule has 1 N–H and O–H groups in total. The molecule has 0 radical (unpaired) electrons. The maximum absolute atomic E-state index is 12.7. The molecule has 8 heteroatoms. The number of allylic oxidation sites excluding steroid dienone is 26. The highest BCUT2D eigenvalue weighted by molar-refractivity contribution is 5.72. The van der Waals surface area contributed by atoms with Gasteiger partial charge in [0.1, 0.15) is 6.61 Å². The van der Waals surface area contributed by atoms with Crippen molar-refractivity contribution < 1.29 is 38.2 Å². The predicted molar refractivity (Wildman–Crippen MR) is 261 cm³/mol. The number of unbranched alkanes of at least 4 members (excludes halogenated alkanes) is 3. The molecule has 2 atom stereocenters. The number of hydrogen-bond donors (Lipinski definition) is 1. The Morgan fingerprint density at radius 1 is 0.500 bits per heavy atom. The molecule has 0 aromatic carbocycles. The largest absolute Gasteiger partial charge is 0.477 e. The summed E-state index contributed by atoms with van der Waals surface area (Å²) in [6.45, 7) is 4.30. The molecule has 0 rings (SSSR count). The zero-order valence-corrected chi connectivity index (χ0v) is 38.7. The van der Waals surface area contributed by atoms with Crippen molar-refractivity contribution in [3.05, 3.63) is 158 Å². The van der Waals surface area contributed by atoms with Gasteiger partial charge in [0.15, 0.2) is 12.1 Å². The third-order valence-electron chi connectivity index (χ3n) is 8.88. The molecular formula is C54H80NO7+. The van der Waals surface area contributed by atoms with Crippen molar-refractivity contribution in [2.45, 2.75) is 122 Å². The molecule has 0 spiro atoms. The van der Waals surface area contributed by atoms with Gasteiger partial charge in [-0.05, 0) is 70.6 Å². The zero-order valence-electron chi connectivity index (χ0n) is 38.7. The SMILES string of the molecule is CC/C=C/C=C/C=C/C=C/C=C/C=C/C=C/CCCCCC(=O)OC(COCCC(C(=O)O)[N+](C)(C)C)COC(=O)CC/C=C/C/C=C/C/C=C/C/C=C/C/C=C/C/C=C/CC. The molecule has 2 unspecified atom stereocenters. The Morgan fingerprint density at radius 2 is 0.968 bits per heavy atom. The molecular weight excluding hydrogens is 775 g/mol. The van der Waals surface area contributed by atoms with Crippen molar-refractivity contribution in [3.8, 4) is 0 Å². The number of carbonyl (C=O) groups excluding carboxylic acids is 2. The first-order chi connectivity index (χ1) is 30.1. The van der Waals surface area contributed by atoms with Crippen molar-refractivity contribution >= 4 is 17.9 Å². The minimum absolute atomic E-state index is 0.00524. The second kappa shape index (κ2) is 42.6. The lowest BCUT2D eigenvalue weighted by Gasteiger charge is -2.31. The number of hydrogen-bond acceptors (Lipinski definition) is 6. The van der Waals surface area contributed by atoms with Gasteiger partial charge in [-0.3, -0.25) is 9.59 Å². The molecule has 0 saturated carbocycles. The van der Waals surface area contributed by atoms with E-state index >= 15 is 0 Å². The molecule has 0 aliphatic heterocycles. The molecule has 0 bridgehead atoms. The monoisotopic (exact) mass is 855 g/mol. The van der Waals surface area contributed by atoms with Crippen molar-refractivity contribution in [3.63, 3.8) is 0 Å². The minimum Gasteiger partial charge on any atom is -0.477 e. The fourth-order valence-corrected chi connectivity index (χ4v) is 5.45. The summed E-state index contributed by atoms with van der Waals surface area (Å²) in [5, 5.41) is 9.63. The molecule has 0 heterocycles. The predicted octanol–water partition coefficient (Wildman–Crippen LogP) is 12.7. The zero-order chi connectivity index (χ0) is 45.6. The van der Waals surface area contributed by atoms with Gasteiger partial charge in [-0.2, -0.15) is 0 Å². The molecule has 0 saturated heterocycles. The molecule has 0 amide bonds. The van der Waals surface area contributed by atoms with Gasteiger partial charge in [0.2, 0.25) is 0 Å². The normalized spacial score (nSPS) is 14.4. The summed E-state index contributed by atoms with van der Waals surface area (Å²) in [5.74, 6) is -1.66. The molecule has 0 aromatic rings. The van der Waals surface area contributed by atoms with E-state index in [9.17, 15) is 19.5 Å². The van der Waals surface area contributed by atoms with Crippen molar-refractivity contribution in [1.29, 1.82) is 0 Å². The fraction of sp³-hybridized carbons (Fsp3) is 0.463. The van der Waals surface area contributed by atoms with E-state index in [4.69, 9.17) is 14.2 Å². The summed E-state index contributed by atoms with van der Waals surface area (Å²) in [5.41, 5.74) is 0. The number of ether oxygens (including phenoxy) is 3. The molecule has 0 fully saturated rings. The Bertz CT molecular complexity index is 1560. The highest BCUT2D eigenvalue weighted by Crippen LogP contribution is 2.11. The first-order valence-corrected chi connectivity index (χ1v) is 22.6. The number of aliphatic carboxylic acids is 1. The van der Waals surface area contributed by atoms with Crippen LogP contribution in [-0.2, 0) is 28.6 Å². The summed E-state index contributed by atoms with van der Waals surface area (Å²) in [6, 6.07) is -0.646. The topological polar surface area (TPSA) is 99.1 Å². The number of esters is 2. The Kier molecular flexibility index (Phi) is 39.2. The van der Waals surface area contributed by atoms with Gasteiger partial charge in [0.25, 0.3) is 0 Å². The quantitative estimate of drug-likeness (QED) is 0.0218. The summed E-state index contributed by atoms with van der Waals surface area (Å²) in [4.78, 5) is 37.0. The highest BCUT2D eigenvalue weighted by Gasteiger charge is 2.31. The van der Waals surface area contributed by atoms with Crippen LogP contribution < -0.4 is 0 Å². The first-order valence-electron chi connectivity index (χ1n) is 22.6. The van der Waals surface area contributed by atoms with E-state index < -0.39 is 18.1 Å². The highest BCUT2D eigenvalue weighted by atomic mass is 16.6. The first kappa shape index (κ1) is 57.0. The number of carbonyl (C=O) groups is 3. The van der Waals surface area contributed by atoms with Crippen LogP contribution in [0.25, 0.3) is 0 Å². The van der Waals surface area contributed by atoms with Gasteiger partial charge in [-0.15, -0.1) is 0 Å². The van der Waals surface area contributed by atoms with E-state index in [-0.39, 0.29) is 55.5 Å². The van der Waals surface area contributed by atoms with E-state index in [0.717, 1.165) is 64.2 Å². The Balaban J connectivity index is 4.61. The van der Waals surface area contributed by atoms with Gasteiger partial charge < -0.3 is 23.8 Å². The van der Waals surface area contributed by atoms with Gasteiger partial charge in [0, 0.05) is 19.3 Å². The summed E-state index contributed by atoms with van der Waals surface area (Å²) >= 11 is 0. The fourth-order valence-electron chi connectivity index (χ4n) is 5.45. The molecule has 8 nitrogen and oxygen atoms in total. The summed E-state index contributed by atoms with van der Waals surface area (Å²) < 4.78 is 17.1. The van der Waals surface area contributed by atoms with Crippen LogP contribution >= 0.6 is 0 Å². The van der Waals surface area contributed by atoms with Crippen LogP contribution in [0, 0.1) is 0 Å². The Hall–Kier alpha value is -5.05. The average molecular weight is 855 g/mol. The lowest BCUT2D eigenvalue weighted by Crippen LogP contribution is -2.50. The Labute approximate surface area is 376 Å². The number of carboxylic acids is 1. The van der Waals surface area contributed by atoms with Gasteiger partial charge >= 0.3 is 17.9 Å². The van der Waals surface area contributed by atoms with Gasteiger partial charge in [0.05, 0.1) is 34.4 Å². The van der Waals surface area contributed by atoms with Crippen LogP contribution in [0.4, 0.5) is 0 Å². The molecule has 0 aliphatic carbocycles. The molecule has 0 aromatic heterocycles. The van der Waals surface area contributed by atoms with Crippen LogP contribution in [0.3, 0.4) is 0 Å². The van der Waals surface area contributed by atoms with E-state index in [1.165, 1.54) is 0 Å². The van der Waals surface area contributed by atoms with E-state index in [0.29, 0.717) is 12.8 Å².